The zero-order valence-electron chi connectivity index (χ0n) is 9.09. The van der Waals surface area contributed by atoms with Crippen LogP contribution in [0.4, 0.5) is 0 Å². The Balaban J connectivity index is 1.90. The maximum absolute atomic E-state index is 11.9. The van der Waals surface area contributed by atoms with Gasteiger partial charge in [-0.3, -0.25) is 9.48 Å². The van der Waals surface area contributed by atoms with Gasteiger partial charge in [-0.2, -0.15) is 5.10 Å². The maximum atomic E-state index is 11.9. The lowest BCUT2D eigenvalue weighted by molar-refractivity contribution is -0.133. The van der Waals surface area contributed by atoms with E-state index in [1.165, 1.54) is 6.42 Å². The fraction of sp³-hybridized carbons (Fsp3) is 0.636. The first kappa shape index (κ1) is 10.2. The van der Waals surface area contributed by atoms with Gasteiger partial charge >= 0.3 is 0 Å². The first-order valence-electron chi connectivity index (χ1n) is 5.51. The zero-order valence-corrected chi connectivity index (χ0v) is 9.09. The molecule has 4 heteroatoms. The molecule has 1 aromatic heterocycles. The topological polar surface area (TPSA) is 38.1 Å². The minimum absolute atomic E-state index is 0.185. The molecule has 2 rings (SSSR count). The molecule has 0 bridgehead atoms. The summed E-state index contributed by atoms with van der Waals surface area (Å²) >= 11 is 0. The molecule has 1 unspecified atom stereocenters. The van der Waals surface area contributed by atoms with Gasteiger partial charge in [-0.1, -0.05) is 6.92 Å². The van der Waals surface area contributed by atoms with Crippen LogP contribution in [0.25, 0.3) is 0 Å². The molecule has 1 saturated heterocycles. The average molecular weight is 207 g/mol. The van der Waals surface area contributed by atoms with E-state index in [9.17, 15) is 4.79 Å². The zero-order chi connectivity index (χ0) is 10.7. The van der Waals surface area contributed by atoms with Gasteiger partial charge in [-0.25, -0.2) is 0 Å². The molecule has 0 saturated carbocycles. The second kappa shape index (κ2) is 4.47. The van der Waals surface area contributed by atoms with Crippen molar-refractivity contribution in [2.75, 3.05) is 13.1 Å². The number of aromatic nitrogens is 2. The van der Waals surface area contributed by atoms with E-state index >= 15 is 0 Å². The number of rotatable bonds is 2. The molecule has 0 aliphatic carbocycles. The van der Waals surface area contributed by atoms with Crippen LogP contribution in [0.5, 0.6) is 0 Å². The Bertz CT molecular complexity index is 321. The summed E-state index contributed by atoms with van der Waals surface area (Å²) in [7, 11) is 0. The molecule has 1 fully saturated rings. The number of hydrogen-bond acceptors (Lipinski definition) is 2. The normalized spacial score (nSPS) is 21.7. The highest BCUT2D eigenvalue weighted by Gasteiger charge is 2.20. The summed E-state index contributed by atoms with van der Waals surface area (Å²) in [5.74, 6) is 0.825. The third-order valence-corrected chi connectivity index (χ3v) is 2.87. The molecular weight excluding hydrogens is 190 g/mol. The minimum atomic E-state index is 0.185. The fourth-order valence-electron chi connectivity index (χ4n) is 2.05. The highest BCUT2D eigenvalue weighted by Crippen LogP contribution is 2.15. The first-order valence-corrected chi connectivity index (χ1v) is 5.51. The van der Waals surface area contributed by atoms with E-state index in [2.05, 4.69) is 12.0 Å². The van der Waals surface area contributed by atoms with Crippen LogP contribution in [0.3, 0.4) is 0 Å². The van der Waals surface area contributed by atoms with Crippen LogP contribution in [0.1, 0.15) is 19.8 Å². The van der Waals surface area contributed by atoms with Crippen molar-refractivity contribution in [1.29, 1.82) is 0 Å². The van der Waals surface area contributed by atoms with E-state index in [0.717, 1.165) is 19.5 Å². The molecule has 4 nitrogen and oxygen atoms in total. The summed E-state index contributed by atoms with van der Waals surface area (Å²) in [6.07, 6.45) is 5.90. The Kier molecular flexibility index (Phi) is 3.04. The average Bonchev–Trinajstić information content (AvgIpc) is 2.70. The van der Waals surface area contributed by atoms with Gasteiger partial charge in [-0.05, 0) is 24.8 Å². The Morgan fingerprint density at radius 3 is 3.13 bits per heavy atom. The SMILES string of the molecule is CC1CCCN(C(=O)Cn2cccn2)C1. The number of amides is 1. The first-order chi connectivity index (χ1) is 7.25. The van der Waals surface area contributed by atoms with Gasteiger partial charge in [0, 0.05) is 25.5 Å². The van der Waals surface area contributed by atoms with Gasteiger partial charge in [0.1, 0.15) is 6.54 Å². The lowest BCUT2D eigenvalue weighted by Gasteiger charge is -2.30. The van der Waals surface area contributed by atoms with Gasteiger partial charge in [0.2, 0.25) is 5.91 Å². The molecule has 0 N–H and O–H groups in total. The van der Waals surface area contributed by atoms with E-state index in [0.29, 0.717) is 12.5 Å². The highest BCUT2D eigenvalue weighted by molar-refractivity contribution is 5.75. The predicted molar refractivity (Wildman–Crippen MR) is 57.2 cm³/mol. The van der Waals surface area contributed by atoms with Crippen LogP contribution >= 0.6 is 0 Å². The van der Waals surface area contributed by atoms with E-state index in [1.54, 1.807) is 10.9 Å². The third-order valence-electron chi connectivity index (χ3n) is 2.87. The lowest BCUT2D eigenvalue weighted by atomic mass is 10.0. The van der Waals surface area contributed by atoms with E-state index in [-0.39, 0.29) is 5.91 Å². The summed E-state index contributed by atoms with van der Waals surface area (Å²) in [5, 5.41) is 4.04. The Labute approximate surface area is 89.9 Å². The van der Waals surface area contributed by atoms with Gasteiger partial charge in [0.25, 0.3) is 0 Å². The van der Waals surface area contributed by atoms with Crippen molar-refractivity contribution in [3.8, 4) is 0 Å². The van der Waals surface area contributed by atoms with Crippen LogP contribution in [0.15, 0.2) is 18.5 Å². The van der Waals surface area contributed by atoms with Crippen LogP contribution in [0.2, 0.25) is 0 Å². The quantitative estimate of drug-likeness (QED) is 0.729. The fourth-order valence-corrected chi connectivity index (χ4v) is 2.05. The van der Waals surface area contributed by atoms with Crippen LogP contribution < -0.4 is 0 Å². The van der Waals surface area contributed by atoms with Crippen LogP contribution in [-0.2, 0) is 11.3 Å². The number of likely N-dealkylation sites (tertiary alicyclic amines) is 1. The third kappa shape index (κ3) is 2.58. The van der Waals surface area contributed by atoms with Gasteiger partial charge in [0.15, 0.2) is 0 Å². The van der Waals surface area contributed by atoms with E-state index < -0.39 is 0 Å². The monoisotopic (exact) mass is 207 g/mol. The molecule has 1 amide bonds. The minimum Gasteiger partial charge on any atom is -0.341 e. The van der Waals surface area contributed by atoms with E-state index in [1.807, 2.05) is 17.2 Å². The van der Waals surface area contributed by atoms with Crippen molar-refractivity contribution >= 4 is 5.91 Å². The predicted octanol–water partition coefficient (Wildman–Crippen LogP) is 1.14. The molecular formula is C11H17N3O. The number of piperidine rings is 1. The summed E-state index contributed by atoms with van der Waals surface area (Å²) in [5.41, 5.74) is 0. The largest absolute Gasteiger partial charge is 0.341 e. The van der Waals surface area contributed by atoms with Gasteiger partial charge in [-0.15, -0.1) is 0 Å². The second-order valence-electron chi connectivity index (χ2n) is 4.29. The van der Waals surface area contributed by atoms with Gasteiger partial charge < -0.3 is 4.90 Å². The van der Waals surface area contributed by atoms with Crippen molar-refractivity contribution < 1.29 is 4.79 Å². The van der Waals surface area contributed by atoms with Crippen molar-refractivity contribution in [3.05, 3.63) is 18.5 Å². The van der Waals surface area contributed by atoms with Crippen LogP contribution in [0, 0.1) is 5.92 Å². The van der Waals surface area contributed by atoms with Crippen LogP contribution in [-0.4, -0.2) is 33.7 Å². The lowest BCUT2D eigenvalue weighted by Crippen LogP contribution is -2.40. The maximum Gasteiger partial charge on any atom is 0.244 e. The summed E-state index contributed by atoms with van der Waals surface area (Å²) in [6, 6.07) is 1.84. The van der Waals surface area contributed by atoms with Crippen molar-refractivity contribution in [2.45, 2.75) is 26.3 Å². The van der Waals surface area contributed by atoms with Crippen molar-refractivity contribution in [2.24, 2.45) is 5.92 Å². The molecule has 1 aromatic rings. The molecule has 15 heavy (non-hydrogen) atoms. The molecule has 1 aliphatic rings. The summed E-state index contributed by atoms with van der Waals surface area (Å²) in [6.45, 7) is 4.39. The standard InChI is InChI=1S/C11H17N3O/c1-10-4-2-6-13(8-10)11(15)9-14-7-3-5-12-14/h3,5,7,10H,2,4,6,8-9H2,1H3. The second-order valence-corrected chi connectivity index (χ2v) is 4.29. The molecule has 82 valence electrons. The van der Waals surface area contributed by atoms with Gasteiger partial charge in [0.05, 0.1) is 0 Å². The number of hydrogen-bond donors (Lipinski definition) is 0. The number of nitrogens with zero attached hydrogens (tertiary/aromatic N) is 3. The van der Waals surface area contributed by atoms with E-state index in [4.69, 9.17) is 0 Å². The molecule has 0 radical (unpaired) electrons. The summed E-state index contributed by atoms with van der Waals surface area (Å²) in [4.78, 5) is 13.8. The number of carbonyl (C=O) groups is 1. The molecule has 0 spiro atoms. The Morgan fingerprint density at radius 1 is 1.60 bits per heavy atom. The summed E-state index contributed by atoms with van der Waals surface area (Å²) < 4.78 is 1.68. The number of carbonyl (C=O) groups excluding carboxylic acids is 1. The Hall–Kier alpha value is -1.32. The van der Waals surface area contributed by atoms with Crippen molar-refractivity contribution in [1.82, 2.24) is 14.7 Å². The van der Waals surface area contributed by atoms with Crippen molar-refractivity contribution in [3.63, 3.8) is 0 Å². The molecule has 2 heterocycles. The molecule has 1 aliphatic heterocycles. The molecule has 1 atom stereocenters. The highest BCUT2D eigenvalue weighted by atomic mass is 16.2. The smallest absolute Gasteiger partial charge is 0.244 e. The molecule has 0 aromatic carbocycles. The Morgan fingerprint density at radius 2 is 2.47 bits per heavy atom.